The Morgan fingerprint density at radius 1 is 1.29 bits per heavy atom. The van der Waals surface area contributed by atoms with E-state index in [0.717, 1.165) is 25.3 Å². The number of para-hydroxylation sites is 1. The van der Waals surface area contributed by atoms with Crippen molar-refractivity contribution in [1.29, 1.82) is 0 Å². The van der Waals surface area contributed by atoms with E-state index in [2.05, 4.69) is 29.3 Å². The summed E-state index contributed by atoms with van der Waals surface area (Å²) in [7, 11) is 5.27. The van der Waals surface area contributed by atoms with Gasteiger partial charge in [-0.15, -0.1) is 0 Å². The molecule has 0 bridgehead atoms. The summed E-state index contributed by atoms with van der Waals surface area (Å²) in [6.07, 6.45) is 0. The number of nitrogens with one attached hydrogen (secondary N) is 1. The minimum absolute atomic E-state index is 0.110. The fourth-order valence-electron chi connectivity index (χ4n) is 2.04. The summed E-state index contributed by atoms with van der Waals surface area (Å²) in [4.78, 5) is 15.7. The molecule has 0 saturated carbocycles. The van der Waals surface area contributed by atoms with Crippen LogP contribution in [0.5, 0.6) is 0 Å². The summed E-state index contributed by atoms with van der Waals surface area (Å²) >= 11 is 0. The third kappa shape index (κ3) is 5.73. The van der Waals surface area contributed by atoms with Crippen molar-refractivity contribution in [2.75, 3.05) is 52.3 Å². The van der Waals surface area contributed by atoms with E-state index in [1.54, 1.807) is 26.1 Å². The molecular weight excluding hydrogens is 266 g/mol. The van der Waals surface area contributed by atoms with Gasteiger partial charge < -0.3 is 19.9 Å². The quantitative estimate of drug-likeness (QED) is 0.698. The number of amides is 1. The highest BCUT2D eigenvalue weighted by Gasteiger charge is 2.14. The average Bonchev–Trinajstić information content (AvgIpc) is 2.49. The largest absolute Gasteiger partial charge is 0.383 e. The maximum Gasteiger partial charge on any atom is 0.241 e. The van der Waals surface area contributed by atoms with Gasteiger partial charge in [0.1, 0.15) is 0 Å². The number of methoxy groups -OCH3 is 1. The molecule has 0 saturated heterocycles. The van der Waals surface area contributed by atoms with Crippen LogP contribution in [0.4, 0.5) is 5.69 Å². The minimum Gasteiger partial charge on any atom is -0.383 e. The molecule has 1 aromatic carbocycles. The summed E-state index contributed by atoms with van der Waals surface area (Å²) in [6.45, 7) is 5.55. The second-order valence-electron chi connectivity index (χ2n) is 5.10. The molecule has 0 aliphatic heterocycles. The highest BCUT2D eigenvalue weighted by Crippen LogP contribution is 2.20. The fourth-order valence-corrected chi connectivity index (χ4v) is 2.04. The Morgan fingerprint density at radius 3 is 2.62 bits per heavy atom. The van der Waals surface area contributed by atoms with Gasteiger partial charge in [0.2, 0.25) is 5.91 Å². The number of nitrogens with zero attached hydrogens (tertiary/aromatic N) is 2. The number of hydrogen-bond donors (Lipinski definition) is 1. The smallest absolute Gasteiger partial charge is 0.241 e. The van der Waals surface area contributed by atoms with Gasteiger partial charge in [0.15, 0.2) is 0 Å². The number of rotatable bonds is 9. The van der Waals surface area contributed by atoms with Gasteiger partial charge in [-0.05, 0) is 18.6 Å². The second-order valence-corrected chi connectivity index (χ2v) is 5.10. The van der Waals surface area contributed by atoms with E-state index < -0.39 is 0 Å². The Labute approximate surface area is 127 Å². The van der Waals surface area contributed by atoms with E-state index in [1.165, 1.54) is 5.56 Å². The highest BCUT2D eigenvalue weighted by molar-refractivity contribution is 5.81. The zero-order valence-electron chi connectivity index (χ0n) is 13.6. The van der Waals surface area contributed by atoms with Crippen molar-refractivity contribution in [1.82, 2.24) is 10.2 Å². The van der Waals surface area contributed by atoms with Crippen LogP contribution in [0.15, 0.2) is 24.3 Å². The molecule has 5 nitrogen and oxygen atoms in total. The van der Waals surface area contributed by atoms with Crippen molar-refractivity contribution in [2.45, 2.75) is 13.5 Å². The lowest BCUT2D eigenvalue weighted by molar-refractivity contribution is -0.127. The number of hydrogen-bond acceptors (Lipinski definition) is 4. The van der Waals surface area contributed by atoms with Gasteiger partial charge in [0.05, 0.1) is 13.2 Å². The SMILES string of the molecule is CCN(CC(=O)N(C)C)c1ccccc1CNCCOC. The molecule has 118 valence electrons. The van der Waals surface area contributed by atoms with Crippen molar-refractivity contribution in [3.05, 3.63) is 29.8 Å². The molecule has 0 aliphatic rings. The normalized spacial score (nSPS) is 10.5. The molecule has 0 fully saturated rings. The first kappa shape index (κ1) is 17.5. The predicted molar refractivity (Wildman–Crippen MR) is 86.6 cm³/mol. The van der Waals surface area contributed by atoms with Crippen LogP contribution < -0.4 is 10.2 Å². The van der Waals surface area contributed by atoms with Crippen LogP contribution in [-0.2, 0) is 16.1 Å². The van der Waals surface area contributed by atoms with E-state index in [1.807, 2.05) is 12.1 Å². The average molecular weight is 293 g/mol. The van der Waals surface area contributed by atoms with E-state index in [9.17, 15) is 4.79 Å². The summed E-state index contributed by atoms with van der Waals surface area (Å²) in [6, 6.07) is 8.20. The van der Waals surface area contributed by atoms with Gasteiger partial charge >= 0.3 is 0 Å². The third-order valence-electron chi connectivity index (χ3n) is 3.34. The lowest BCUT2D eigenvalue weighted by Gasteiger charge is -2.26. The van der Waals surface area contributed by atoms with Crippen molar-refractivity contribution in [3.8, 4) is 0 Å². The molecule has 0 aliphatic carbocycles. The van der Waals surface area contributed by atoms with Gasteiger partial charge in [0.25, 0.3) is 0 Å². The number of ether oxygens (including phenoxy) is 1. The van der Waals surface area contributed by atoms with Gasteiger partial charge in [0, 0.05) is 46.5 Å². The Morgan fingerprint density at radius 2 is 2.00 bits per heavy atom. The van der Waals surface area contributed by atoms with Crippen LogP contribution in [0, 0.1) is 0 Å². The molecule has 0 unspecified atom stereocenters. The maximum absolute atomic E-state index is 11.9. The number of anilines is 1. The summed E-state index contributed by atoms with van der Waals surface area (Å²) < 4.78 is 5.03. The van der Waals surface area contributed by atoms with Crippen LogP contribution in [0.3, 0.4) is 0 Å². The molecule has 1 amide bonds. The Bertz CT molecular complexity index is 435. The summed E-state index contributed by atoms with van der Waals surface area (Å²) in [5.74, 6) is 0.110. The Balaban J connectivity index is 2.76. The molecule has 0 radical (unpaired) electrons. The predicted octanol–water partition coefficient (Wildman–Crippen LogP) is 1.34. The van der Waals surface area contributed by atoms with Crippen LogP contribution >= 0.6 is 0 Å². The molecule has 1 aromatic rings. The molecule has 1 N–H and O–H groups in total. The Kier molecular flexibility index (Phi) is 7.79. The molecule has 21 heavy (non-hydrogen) atoms. The van der Waals surface area contributed by atoms with Gasteiger partial charge in [-0.3, -0.25) is 4.79 Å². The number of likely N-dealkylation sites (N-methyl/N-ethyl adjacent to an activating group) is 2. The monoisotopic (exact) mass is 293 g/mol. The fraction of sp³-hybridized carbons (Fsp3) is 0.562. The number of carbonyl (C=O) groups is 1. The molecule has 0 atom stereocenters. The minimum atomic E-state index is 0.110. The molecular formula is C16H27N3O2. The zero-order valence-corrected chi connectivity index (χ0v) is 13.6. The first-order valence-electron chi connectivity index (χ1n) is 7.32. The topological polar surface area (TPSA) is 44.8 Å². The first-order valence-corrected chi connectivity index (χ1v) is 7.32. The Hall–Kier alpha value is -1.59. The lowest BCUT2D eigenvalue weighted by Crippen LogP contribution is -2.37. The molecule has 0 aromatic heterocycles. The van der Waals surface area contributed by atoms with Crippen molar-refractivity contribution in [2.24, 2.45) is 0 Å². The van der Waals surface area contributed by atoms with Crippen LogP contribution in [0.1, 0.15) is 12.5 Å². The number of carbonyl (C=O) groups excluding carboxylic acids is 1. The lowest BCUT2D eigenvalue weighted by atomic mass is 10.1. The van der Waals surface area contributed by atoms with Crippen LogP contribution in [0.25, 0.3) is 0 Å². The summed E-state index contributed by atoms with van der Waals surface area (Å²) in [5.41, 5.74) is 2.31. The van der Waals surface area contributed by atoms with Crippen molar-refractivity contribution >= 4 is 11.6 Å². The van der Waals surface area contributed by atoms with E-state index >= 15 is 0 Å². The van der Waals surface area contributed by atoms with Crippen molar-refractivity contribution in [3.63, 3.8) is 0 Å². The van der Waals surface area contributed by atoms with E-state index in [-0.39, 0.29) is 5.91 Å². The van der Waals surface area contributed by atoms with E-state index in [4.69, 9.17) is 4.74 Å². The van der Waals surface area contributed by atoms with Gasteiger partial charge in [-0.2, -0.15) is 0 Å². The highest BCUT2D eigenvalue weighted by atomic mass is 16.5. The van der Waals surface area contributed by atoms with Gasteiger partial charge in [-0.1, -0.05) is 18.2 Å². The standard InChI is InChI=1S/C16H27N3O2/c1-5-19(13-16(20)18(2)3)15-9-7-6-8-14(15)12-17-10-11-21-4/h6-9,17H,5,10-13H2,1-4H3. The number of benzene rings is 1. The molecule has 1 rings (SSSR count). The summed E-state index contributed by atoms with van der Waals surface area (Å²) in [5, 5.41) is 3.35. The molecule has 0 spiro atoms. The zero-order chi connectivity index (χ0) is 15.7. The third-order valence-corrected chi connectivity index (χ3v) is 3.34. The van der Waals surface area contributed by atoms with Crippen LogP contribution in [0.2, 0.25) is 0 Å². The van der Waals surface area contributed by atoms with Crippen molar-refractivity contribution < 1.29 is 9.53 Å². The van der Waals surface area contributed by atoms with E-state index in [0.29, 0.717) is 13.2 Å². The maximum atomic E-state index is 11.9. The molecule has 5 heteroatoms. The van der Waals surface area contributed by atoms with Gasteiger partial charge in [-0.25, -0.2) is 0 Å². The molecule has 0 heterocycles. The van der Waals surface area contributed by atoms with Crippen LogP contribution in [-0.4, -0.2) is 58.3 Å². The first-order chi connectivity index (χ1) is 10.1. The second kappa shape index (κ2) is 9.37.